The van der Waals surface area contributed by atoms with E-state index < -0.39 is 29.9 Å². The number of nitrogens with two attached hydrogens (primary N) is 1. The van der Waals surface area contributed by atoms with Crippen LogP contribution < -0.4 is 5.73 Å². The van der Waals surface area contributed by atoms with Crippen LogP contribution in [0, 0.1) is 11.8 Å². The minimum atomic E-state index is -0.994. The van der Waals surface area contributed by atoms with Crippen molar-refractivity contribution in [3.8, 4) is 16.9 Å². The number of amides is 1. The average molecular weight is 512 g/mol. The van der Waals surface area contributed by atoms with Gasteiger partial charge in [0.1, 0.15) is 18.0 Å². The predicted molar refractivity (Wildman–Crippen MR) is 126 cm³/mol. The number of H-pyrrole nitrogens is 1. The molecule has 0 saturated carbocycles. The number of aromatic nitrogens is 7. The molecule has 1 saturated heterocycles. The Morgan fingerprint density at radius 3 is 2.92 bits per heavy atom. The highest BCUT2D eigenvalue weighted by atomic mass is 35.5. The number of halogens is 3. The fourth-order valence-corrected chi connectivity index (χ4v) is 5.04. The number of hydrogen-bond acceptors (Lipinski definition) is 7. The van der Waals surface area contributed by atoms with Crippen LogP contribution in [-0.4, -0.2) is 52.0 Å². The summed E-state index contributed by atoms with van der Waals surface area (Å²) in [6, 6.07) is 1.49. The van der Waals surface area contributed by atoms with E-state index in [1.165, 1.54) is 29.3 Å². The lowest BCUT2D eigenvalue weighted by Gasteiger charge is -2.33. The van der Waals surface area contributed by atoms with E-state index in [4.69, 9.17) is 20.1 Å². The molecule has 2 aliphatic heterocycles. The molecule has 6 rings (SSSR count). The third-order valence-electron chi connectivity index (χ3n) is 6.42. The number of nitrogen functional groups attached to an aromatic ring is 1. The van der Waals surface area contributed by atoms with Gasteiger partial charge in [-0.1, -0.05) is 11.6 Å². The van der Waals surface area contributed by atoms with Crippen LogP contribution in [0.2, 0.25) is 5.02 Å². The Labute approximate surface area is 210 Å². The number of imidazole rings is 1. The van der Waals surface area contributed by atoms with Crippen LogP contribution in [0.3, 0.4) is 0 Å². The third-order valence-corrected chi connectivity index (χ3v) is 6.71. The van der Waals surface area contributed by atoms with Crippen molar-refractivity contribution in [3.63, 3.8) is 0 Å². The van der Waals surface area contributed by atoms with Gasteiger partial charge in [0.2, 0.25) is 11.9 Å². The number of carbonyl (C=O) groups is 1. The van der Waals surface area contributed by atoms with Crippen LogP contribution in [0.5, 0.6) is 0 Å². The van der Waals surface area contributed by atoms with E-state index in [0.29, 0.717) is 36.3 Å². The van der Waals surface area contributed by atoms with Gasteiger partial charge < -0.3 is 15.6 Å². The van der Waals surface area contributed by atoms with Crippen LogP contribution in [0.25, 0.3) is 22.5 Å². The van der Waals surface area contributed by atoms with E-state index in [2.05, 4.69) is 30.5 Å². The fraction of sp³-hybridized carbons (Fsp3) is 0.217. The molecule has 3 aromatic heterocycles. The molecule has 2 unspecified atom stereocenters. The van der Waals surface area contributed by atoms with Crippen molar-refractivity contribution in [1.29, 1.82) is 0 Å². The number of pyridine rings is 1. The molecule has 1 fully saturated rings. The highest BCUT2D eigenvalue weighted by molar-refractivity contribution is 6.31. The molecule has 0 bridgehead atoms. The first-order chi connectivity index (χ1) is 18.2. The molecule has 2 atom stereocenters. The maximum absolute atomic E-state index is 15.3. The predicted octanol–water partition coefficient (Wildman–Crippen LogP) is 3.48. The highest BCUT2D eigenvalue weighted by Crippen LogP contribution is 2.44. The first-order valence-corrected chi connectivity index (χ1v) is 11.3. The van der Waals surface area contributed by atoms with Crippen molar-refractivity contribution in [2.24, 2.45) is 0 Å². The van der Waals surface area contributed by atoms with Crippen LogP contribution in [0.1, 0.15) is 39.4 Å². The number of nitrogens with one attached hydrogen (secondary N) is 1. The summed E-state index contributed by atoms with van der Waals surface area (Å²) in [5.41, 5.74) is 6.40. The molecular weight excluding hydrogens is 492 g/mol. The van der Waals surface area contributed by atoms with Crippen LogP contribution in [0.15, 0.2) is 42.8 Å². The van der Waals surface area contributed by atoms with Crippen molar-refractivity contribution < 1.29 is 16.3 Å². The Balaban J connectivity index is 1.34. The molecule has 13 heteroatoms. The second-order valence-electron chi connectivity index (χ2n) is 8.47. The molecule has 0 aliphatic carbocycles. The van der Waals surface area contributed by atoms with Gasteiger partial charge in [-0.3, -0.25) is 4.79 Å². The van der Waals surface area contributed by atoms with Crippen molar-refractivity contribution in [1.82, 2.24) is 40.1 Å². The molecule has 0 radical (unpaired) electrons. The lowest BCUT2D eigenvalue weighted by atomic mass is 9.92. The number of aromatic amines is 1. The van der Waals surface area contributed by atoms with Crippen molar-refractivity contribution in [2.45, 2.75) is 31.3 Å². The minimum absolute atomic E-state index is 0.0889. The molecule has 2 aliphatic rings. The van der Waals surface area contributed by atoms with Gasteiger partial charge in [0.25, 0.3) is 0 Å². The van der Waals surface area contributed by atoms with E-state index >= 15 is 4.39 Å². The molecule has 3 N–H and O–H groups in total. The van der Waals surface area contributed by atoms with Gasteiger partial charge in [-0.2, -0.15) is 9.07 Å². The van der Waals surface area contributed by atoms with Crippen molar-refractivity contribution in [3.05, 3.63) is 71.0 Å². The maximum Gasteiger partial charge on any atom is 0.247 e. The maximum atomic E-state index is 15.3. The third kappa shape index (κ3) is 3.61. The number of nitrogens with zero attached hydrogens (tertiary/aromatic N) is 7. The van der Waals surface area contributed by atoms with E-state index in [1.54, 1.807) is 11.0 Å². The standard InChI is InChI=1S/C23H18ClF2N9O/c24-14-3-5-16(34-10-29-32-33-34)20(21(14)25)11-7-12-1-4-17(35(12)19(36)8-11)23-28-9-15(30-23)13-2-6-18(27)31-22(13)26/h2-3,5-6,8-10,12,17H,1,4,7H2,(H2,27,31)(H,28,30)/i2D,6D. The highest BCUT2D eigenvalue weighted by Gasteiger charge is 2.42. The second kappa shape index (κ2) is 8.48. The zero-order valence-corrected chi connectivity index (χ0v) is 19.2. The van der Waals surface area contributed by atoms with Gasteiger partial charge in [0.05, 0.1) is 36.9 Å². The summed E-state index contributed by atoms with van der Waals surface area (Å²) in [5.74, 6) is -1.98. The number of carbonyl (C=O) groups excluding carboxylic acids is 1. The largest absolute Gasteiger partial charge is 0.384 e. The van der Waals surface area contributed by atoms with Crippen LogP contribution in [0.4, 0.5) is 14.6 Å². The Hall–Kier alpha value is -4.19. The molecular formula is C23H18ClF2N9O. The smallest absolute Gasteiger partial charge is 0.247 e. The number of hydrogen-bond donors (Lipinski definition) is 2. The van der Waals surface area contributed by atoms with Crippen molar-refractivity contribution >= 4 is 28.9 Å². The topological polar surface area (TPSA) is 132 Å². The molecule has 10 nitrogen and oxygen atoms in total. The zero-order chi connectivity index (χ0) is 26.7. The minimum Gasteiger partial charge on any atom is -0.384 e. The number of benzene rings is 1. The quantitative estimate of drug-likeness (QED) is 0.401. The SMILES string of the molecule is [2H]c1c(N)nc(F)c(-c2cnc(C3CCC4CC(c5c(-n6cnnn6)ccc(Cl)c5F)=CC(=O)N43)[nH]2)c1[2H]. The van der Waals surface area contributed by atoms with E-state index in [1.807, 2.05) is 0 Å². The summed E-state index contributed by atoms with van der Waals surface area (Å²) in [6.07, 6.45) is 5.57. The lowest BCUT2D eigenvalue weighted by Crippen LogP contribution is -2.39. The first-order valence-electron chi connectivity index (χ1n) is 12.0. The Bertz CT molecular complexity index is 1630. The van der Waals surface area contributed by atoms with Crippen LogP contribution >= 0.6 is 11.6 Å². The molecule has 1 aromatic carbocycles. The van der Waals surface area contributed by atoms with Crippen molar-refractivity contribution in [2.75, 3.05) is 5.73 Å². The summed E-state index contributed by atoms with van der Waals surface area (Å²) >= 11 is 6.08. The summed E-state index contributed by atoms with van der Waals surface area (Å²) < 4.78 is 47.0. The summed E-state index contributed by atoms with van der Waals surface area (Å²) in [5, 5.41) is 11.0. The van der Waals surface area contributed by atoms with Gasteiger partial charge in [-0.05, 0) is 59.5 Å². The Morgan fingerprint density at radius 1 is 1.25 bits per heavy atom. The molecule has 5 heterocycles. The normalized spacial score (nSPS) is 20.2. The fourth-order valence-electron chi connectivity index (χ4n) is 4.88. The van der Waals surface area contributed by atoms with E-state index in [9.17, 15) is 9.18 Å². The monoisotopic (exact) mass is 511 g/mol. The number of tetrazole rings is 1. The molecule has 1 amide bonds. The van der Waals surface area contributed by atoms with Gasteiger partial charge in [-0.25, -0.2) is 14.4 Å². The second-order valence-corrected chi connectivity index (χ2v) is 8.88. The summed E-state index contributed by atoms with van der Waals surface area (Å²) in [6.45, 7) is 0. The molecule has 36 heavy (non-hydrogen) atoms. The van der Waals surface area contributed by atoms with Crippen LogP contribution in [-0.2, 0) is 4.79 Å². The van der Waals surface area contributed by atoms with Gasteiger partial charge in [-0.15, -0.1) is 5.10 Å². The number of anilines is 1. The Morgan fingerprint density at radius 2 is 2.11 bits per heavy atom. The van der Waals surface area contributed by atoms with E-state index in [-0.39, 0.29) is 39.6 Å². The average Bonchev–Trinajstić information content (AvgIpc) is 3.65. The zero-order valence-electron chi connectivity index (χ0n) is 20.4. The molecule has 182 valence electrons. The summed E-state index contributed by atoms with van der Waals surface area (Å²) in [4.78, 5) is 25.9. The lowest BCUT2D eigenvalue weighted by molar-refractivity contribution is -0.129. The number of rotatable bonds is 4. The number of fused-ring (bicyclic) bond motifs is 1. The van der Waals surface area contributed by atoms with Gasteiger partial charge in [0, 0.05) is 17.7 Å². The van der Waals surface area contributed by atoms with Gasteiger partial charge >= 0.3 is 0 Å². The summed E-state index contributed by atoms with van der Waals surface area (Å²) in [7, 11) is 0. The van der Waals surface area contributed by atoms with E-state index in [0.717, 1.165) is 0 Å². The molecule has 0 spiro atoms. The first kappa shape index (κ1) is 20.0. The Kier molecular flexibility index (Phi) is 4.72. The molecule has 4 aromatic rings. The van der Waals surface area contributed by atoms with Gasteiger partial charge in [0.15, 0.2) is 5.82 Å².